The first kappa shape index (κ1) is 13.3. The minimum Gasteiger partial charge on any atom is -0.359 e. The van der Waals surface area contributed by atoms with Gasteiger partial charge < -0.3 is 15.6 Å². The number of benzene rings is 2. The number of H-pyrrole nitrogens is 1. The zero-order valence-corrected chi connectivity index (χ0v) is 12.0. The Morgan fingerprint density at radius 2 is 1.61 bits per heavy atom. The molecule has 0 fully saturated rings. The number of para-hydroxylation sites is 4. The summed E-state index contributed by atoms with van der Waals surface area (Å²) in [6, 6.07) is 14.5. The second kappa shape index (κ2) is 5.10. The second-order valence-electron chi connectivity index (χ2n) is 5.13. The zero-order valence-electron chi connectivity index (χ0n) is 12.0. The number of hydrogen-bond acceptors (Lipinski definition) is 4. The average Bonchev–Trinajstić information content (AvgIpc) is 2.72. The highest BCUT2D eigenvalue weighted by molar-refractivity contribution is 6.26. The van der Waals surface area contributed by atoms with Gasteiger partial charge in [0.1, 0.15) is 5.69 Å². The van der Waals surface area contributed by atoms with Crippen molar-refractivity contribution < 1.29 is 4.79 Å². The average molecular weight is 304 g/mol. The van der Waals surface area contributed by atoms with E-state index in [9.17, 15) is 9.59 Å². The molecule has 3 N–H and O–H groups in total. The lowest BCUT2D eigenvalue weighted by Gasteiger charge is -2.06. The van der Waals surface area contributed by atoms with Crippen molar-refractivity contribution in [1.29, 1.82) is 0 Å². The molecule has 0 bridgehead atoms. The van der Waals surface area contributed by atoms with Gasteiger partial charge >= 0.3 is 0 Å². The number of rotatable bonds is 1. The largest absolute Gasteiger partial charge is 0.359 e. The van der Waals surface area contributed by atoms with Crippen LogP contribution in [0.1, 0.15) is 5.69 Å². The second-order valence-corrected chi connectivity index (χ2v) is 5.13. The van der Waals surface area contributed by atoms with Crippen LogP contribution in [0.5, 0.6) is 0 Å². The quantitative estimate of drug-likeness (QED) is 0.644. The summed E-state index contributed by atoms with van der Waals surface area (Å²) in [5.41, 5.74) is 2.53. The van der Waals surface area contributed by atoms with Crippen LogP contribution in [0, 0.1) is 0 Å². The number of aromatic nitrogens is 2. The van der Waals surface area contributed by atoms with Crippen molar-refractivity contribution in [3.8, 4) is 0 Å². The molecule has 0 spiro atoms. The number of carbonyl (C=O) groups is 1. The fourth-order valence-electron chi connectivity index (χ4n) is 2.51. The summed E-state index contributed by atoms with van der Waals surface area (Å²) in [5.74, 6) is -0.379. The Morgan fingerprint density at radius 3 is 2.48 bits per heavy atom. The molecule has 1 aromatic heterocycles. The molecule has 2 heterocycles. The highest BCUT2D eigenvalue weighted by Gasteiger charge is 2.21. The Morgan fingerprint density at radius 1 is 0.870 bits per heavy atom. The van der Waals surface area contributed by atoms with Crippen molar-refractivity contribution in [2.24, 2.45) is 0 Å². The molecule has 2 aromatic carbocycles. The number of nitrogens with zero attached hydrogens (tertiary/aromatic N) is 1. The Labute approximate surface area is 130 Å². The highest BCUT2D eigenvalue weighted by Crippen LogP contribution is 2.26. The normalized spacial score (nSPS) is 13.6. The summed E-state index contributed by atoms with van der Waals surface area (Å²) < 4.78 is 0. The van der Waals surface area contributed by atoms with Gasteiger partial charge in [0, 0.05) is 6.20 Å². The summed E-state index contributed by atoms with van der Waals surface area (Å²) in [5, 5.41) is 5.82. The van der Waals surface area contributed by atoms with Gasteiger partial charge in [-0.1, -0.05) is 24.3 Å². The molecule has 6 heteroatoms. The van der Waals surface area contributed by atoms with E-state index in [2.05, 4.69) is 20.6 Å². The Balaban J connectivity index is 1.85. The molecule has 0 saturated carbocycles. The van der Waals surface area contributed by atoms with Crippen LogP contribution < -0.4 is 16.2 Å². The molecule has 1 aliphatic heterocycles. The molecule has 0 aliphatic carbocycles. The van der Waals surface area contributed by atoms with Gasteiger partial charge in [-0.3, -0.25) is 9.59 Å². The van der Waals surface area contributed by atoms with Gasteiger partial charge in [-0.15, -0.1) is 0 Å². The van der Waals surface area contributed by atoms with E-state index in [0.29, 0.717) is 16.7 Å². The maximum Gasteiger partial charge on any atom is 0.275 e. The molecule has 3 aromatic rings. The van der Waals surface area contributed by atoms with Gasteiger partial charge in [0.2, 0.25) is 0 Å². The molecule has 23 heavy (non-hydrogen) atoms. The van der Waals surface area contributed by atoms with E-state index in [0.717, 1.165) is 5.69 Å². The molecule has 1 aliphatic rings. The lowest BCUT2D eigenvalue weighted by atomic mass is 10.2. The van der Waals surface area contributed by atoms with E-state index < -0.39 is 5.56 Å². The Bertz CT molecular complexity index is 1020. The predicted octanol–water partition coefficient (Wildman–Crippen LogP) is 2.33. The third kappa shape index (κ3) is 2.26. The van der Waals surface area contributed by atoms with Crippen LogP contribution in [-0.4, -0.2) is 15.9 Å². The van der Waals surface area contributed by atoms with E-state index in [1.165, 1.54) is 6.20 Å². The van der Waals surface area contributed by atoms with Gasteiger partial charge in [-0.05, 0) is 24.3 Å². The fourth-order valence-corrected chi connectivity index (χ4v) is 2.51. The topological polar surface area (TPSA) is 86.9 Å². The fraction of sp³-hybridized carbons (Fsp3) is 0. The number of fused-ring (bicyclic) bond motifs is 2. The van der Waals surface area contributed by atoms with Gasteiger partial charge in [0.25, 0.3) is 11.5 Å². The zero-order chi connectivity index (χ0) is 15.8. The molecule has 0 unspecified atom stereocenters. The standard InChI is InChI=1S/C17H12N4O2/c22-16-10(9-18-11-5-1-2-6-12(11)20-16)15-17(23)21-14-8-4-3-7-13(14)19-15/h1-9,18H,(H,20,22)(H,21,23). The van der Waals surface area contributed by atoms with Gasteiger partial charge in [0.05, 0.1) is 28.0 Å². The molecular weight excluding hydrogens is 292 g/mol. The third-order valence-corrected chi connectivity index (χ3v) is 3.65. The van der Waals surface area contributed by atoms with Crippen molar-refractivity contribution in [3.63, 3.8) is 0 Å². The van der Waals surface area contributed by atoms with E-state index in [1.807, 2.05) is 30.3 Å². The lowest BCUT2D eigenvalue weighted by molar-refractivity contribution is -0.111. The van der Waals surface area contributed by atoms with Crippen molar-refractivity contribution in [2.45, 2.75) is 0 Å². The summed E-state index contributed by atoms with van der Waals surface area (Å²) >= 11 is 0. The van der Waals surface area contributed by atoms with E-state index in [1.54, 1.807) is 18.2 Å². The summed E-state index contributed by atoms with van der Waals surface area (Å²) in [7, 11) is 0. The van der Waals surface area contributed by atoms with Gasteiger partial charge in [-0.25, -0.2) is 4.98 Å². The number of hydrogen-bond donors (Lipinski definition) is 3. The van der Waals surface area contributed by atoms with E-state index in [4.69, 9.17) is 0 Å². The van der Waals surface area contributed by atoms with Crippen molar-refractivity contribution in [1.82, 2.24) is 9.97 Å². The number of aromatic amines is 1. The lowest BCUT2D eigenvalue weighted by Crippen LogP contribution is -2.21. The molecule has 1 amide bonds. The summed E-state index contributed by atoms with van der Waals surface area (Å²) in [4.78, 5) is 31.8. The third-order valence-electron chi connectivity index (χ3n) is 3.65. The van der Waals surface area contributed by atoms with E-state index >= 15 is 0 Å². The number of amides is 1. The smallest absolute Gasteiger partial charge is 0.275 e. The highest BCUT2D eigenvalue weighted by atomic mass is 16.2. The van der Waals surface area contributed by atoms with Crippen LogP contribution in [0.4, 0.5) is 11.4 Å². The van der Waals surface area contributed by atoms with Crippen molar-refractivity contribution in [3.05, 3.63) is 70.8 Å². The molecule has 6 nitrogen and oxygen atoms in total. The molecule has 0 radical (unpaired) electrons. The van der Waals surface area contributed by atoms with Crippen LogP contribution in [-0.2, 0) is 4.79 Å². The minimum atomic E-state index is -0.405. The van der Waals surface area contributed by atoms with Crippen molar-refractivity contribution >= 4 is 33.9 Å². The van der Waals surface area contributed by atoms with Crippen LogP contribution in [0.25, 0.3) is 16.6 Å². The van der Waals surface area contributed by atoms with Crippen LogP contribution in [0.15, 0.2) is 59.5 Å². The van der Waals surface area contributed by atoms with E-state index in [-0.39, 0.29) is 17.2 Å². The molecular formula is C17H12N4O2. The molecule has 0 atom stereocenters. The summed E-state index contributed by atoms with van der Waals surface area (Å²) in [6.45, 7) is 0. The van der Waals surface area contributed by atoms with Crippen LogP contribution >= 0.6 is 0 Å². The first-order valence-corrected chi connectivity index (χ1v) is 7.09. The summed E-state index contributed by atoms with van der Waals surface area (Å²) in [6.07, 6.45) is 1.51. The first-order chi connectivity index (χ1) is 11.2. The SMILES string of the molecule is O=C1Nc2ccccc2NC=C1c1nc2ccccc2[nH]c1=O. The van der Waals surface area contributed by atoms with Crippen LogP contribution in [0.2, 0.25) is 0 Å². The van der Waals surface area contributed by atoms with Gasteiger partial charge in [0.15, 0.2) is 0 Å². The first-order valence-electron chi connectivity index (χ1n) is 7.09. The molecule has 4 rings (SSSR count). The monoisotopic (exact) mass is 304 g/mol. The maximum atomic E-state index is 12.5. The number of nitrogens with one attached hydrogen (secondary N) is 3. The maximum absolute atomic E-state index is 12.5. The number of carbonyl (C=O) groups excluding carboxylic acids is 1. The molecule has 0 saturated heterocycles. The van der Waals surface area contributed by atoms with Crippen molar-refractivity contribution in [2.75, 3.05) is 10.6 Å². The van der Waals surface area contributed by atoms with Gasteiger partial charge in [-0.2, -0.15) is 0 Å². The molecule has 112 valence electrons. The minimum absolute atomic E-state index is 0.0847. The Hall–Kier alpha value is -3.41. The van der Waals surface area contributed by atoms with Crippen LogP contribution in [0.3, 0.4) is 0 Å². The predicted molar refractivity (Wildman–Crippen MR) is 89.0 cm³/mol. The number of anilines is 2. The Kier molecular flexibility index (Phi) is 2.94.